The van der Waals surface area contributed by atoms with Crippen molar-refractivity contribution in [2.75, 3.05) is 0 Å². The fraction of sp³-hybridized carbons (Fsp3) is 0.765. The van der Waals surface area contributed by atoms with Crippen molar-refractivity contribution in [3.05, 3.63) is 23.5 Å². The molecule has 0 aliphatic heterocycles. The molecule has 0 amide bonds. The Hall–Kier alpha value is -0.760. The largest absolute Gasteiger partial charge is 0.351 e. The van der Waals surface area contributed by atoms with Crippen molar-refractivity contribution < 1.29 is 0 Å². The zero-order valence-corrected chi connectivity index (χ0v) is 12.5. The van der Waals surface area contributed by atoms with Gasteiger partial charge in [0, 0.05) is 24.5 Å². The molecular formula is C17H28N2. The van der Waals surface area contributed by atoms with Crippen molar-refractivity contribution >= 4 is 0 Å². The lowest BCUT2D eigenvalue weighted by molar-refractivity contribution is 0.265. The maximum atomic E-state index is 6.36. The van der Waals surface area contributed by atoms with Crippen molar-refractivity contribution in [3.8, 4) is 0 Å². The molecule has 1 atom stereocenters. The van der Waals surface area contributed by atoms with Gasteiger partial charge in [-0.15, -0.1) is 0 Å². The average Bonchev–Trinajstić information content (AvgIpc) is 2.72. The lowest BCUT2D eigenvalue weighted by atomic mass is 9.74. The van der Waals surface area contributed by atoms with Gasteiger partial charge in [-0.25, -0.2) is 0 Å². The standard InChI is InChI=1S/C17H28N2/c1-17(2)10-15(18)14-8-9-19(16(14)11-17)12-13-6-4-3-5-7-13/h8-9,13,15H,3-7,10-12,18H2,1-2H3. The molecule has 0 saturated heterocycles. The summed E-state index contributed by atoms with van der Waals surface area (Å²) in [5.74, 6) is 0.895. The fourth-order valence-corrected chi connectivity index (χ4v) is 4.11. The molecule has 2 heteroatoms. The molecule has 2 aliphatic rings. The summed E-state index contributed by atoms with van der Waals surface area (Å²) in [4.78, 5) is 0. The predicted molar refractivity (Wildman–Crippen MR) is 80.0 cm³/mol. The van der Waals surface area contributed by atoms with Gasteiger partial charge in [0.25, 0.3) is 0 Å². The second-order valence-corrected chi connectivity index (χ2v) is 7.53. The first kappa shape index (κ1) is 13.2. The molecule has 1 heterocycles. The number of hydrogen-bond donors (Lipinski definition) is 1. The minimum atomic E-state index is 0.242. The van der Waals surface area contributed by atoms with Crippen LogP contribution >= 0.6 is 0 Å². The van der Waals surface area contributed by atoms with Crippen LogP contribution in [-0.2, 0) is 13.0 Å². The van der Waals surface area contributed by atoms with E-state index < -0.39 is 0 Å². The van der Waals surface area contributed by atoms with Crippen LogP contribution in [-0.4, -0.2) is 4.57 Å². The van der Waals surface area contributed by atoms with Gasteiger partial charge >= 0.3 is 0 Å². The van der Waals surface area contributed by atoms with E-state index in [1.165, 1.54) is 56.3 Å². The van der Waals surface area contributed by atoms with Gasteiger partial charge in [0.05, 0.1) is 0 Å². The van der Waals surface area contributed by atoms with Crippen LogP contribution in [0.1, 0.15) is 69.7 Å². The minimum absolute atomic E-state index is 0.242. The predicted octanol–water partition coefficient (Wildman–Crippen LogP) is 4.04. The van der Waals surface area contributed by atoms with E-state index in [9.17, 15) is 0 Å². The molecule has 3 rings (SSSR count). The quantitative estimate of drug-likeness (QED) is 0.854. The molecule has 1 fully saturated rings. The first-order chi connectivity index (χ1) is 9.05. The Kier molecular flexibility index (Phi) is 3.46. The number of hydrogen-bond acceptors (Lipinski definition) is 1. The molecule has 1 unspecified atom stereocenters. The molecule has 0 bridgehead atoms. The third-order valence-corrected chi connectivity index (χ3v) is 5.11. The molecule has 2 nitrogen and oxygen atoms in total. The van der Waals surface area contributed by atoms with E-state index in [1.807, 2.05) is 0 Å². The Labute approximate surface area is 117 Å². The third-order valence-electron chi connectivity index (χ3n) is 5.11. The van der Waals surface area contributed by atoms with Crippen LogP contribution in [0.4, 0.5) is 0 Å². The Morgan fingerprint density at radius 3 is 2.74 bits per heavy atom. The summed E-state index contributed by atoms with van der Waals surface area (Å²) in [6, 6.07) is 2.52. The maximum Gasteiger partial charge on any atom is 0.0318 e. The minimum Gasteiger partial charge on any atom is -0.351 e. The smallest absolute Gasteiger partial charge is 0.0318 e. The fourth-order valence-electron chi connectivity index (χ4n) is 4.11. The van der Waals surface area contributed by atoms with Crippen LogP contribution in [0.5, 0.6) is 0 Å². The lowest BCUT2D eigenvalue weighted by Gasteiger charge is -2.35. The average molecular weight is 260 g/mol. The van der Waals surface area contributed by atoms with E-state index in [0.717, 1.165) is 12.3 Å². The summed E-state index contributed by atoms with van der Waals surface area (Å²) in [6.07, 6.45) is 11.7. The Balaban J connectivity index is 1.80. The number of rotatable bonds is 2. The maximum absolute atomic E-state index is 6.36. The van der Waals surface area contributed by atoms with Crippen molar-refractivity contribution in [3.63, 3.8) is 0 Å². The second kappa shape index (κ2) is 4.97. The molecule has 0 radical (unpaired) electrons. The normalized spacial score (nSPS) is 27.2. The molecule has 0 spiro atoms. The van der Waals surface area contributed by atoms with Crippen LogP contribution in [0.3, 0.4) is 0 Å². The van der Waals surface area contributed by atoms with Gasteiger partial charge in [0.2, 0.25) is 0 Å². The van der Waals surface area contributed by atoms with Crippen LogP contribution in [0.25, 0.3) is 0 Å². The summed E-state index contributed by atoms with van der Waals surface area (Å²) in [5.41, 5.74) is 9.65. The topological polar surface area (TPSA) is 30.9 Å². The van der Waals surface area contributed by atoms with Crippen LogP contribution in [0, 0.1) is 11.3 Å². The highest BCUT2D eigenvalue weighted by Gasteiger charge is 2.32. The zero-order chi connectivity index (χ0) is 13.5. The van der Waals surface area contributed by atoms with Gasteiger partial charge in [-0.1, -0.05) is 33.1 Å². The van der Waals surface area contributed by atoms with Crippen molar-refractivity contribution in [1.82, 2.24) is 4.57 Å². The first-order valence-electron chi connectivity index (χ1n) is 7.99. The Morgan fingerprint density at radius 1 is 1.26 bits per heavy atom. The van der Waals surface area contributed by atoms with E-state index in [4.69, 9.17) is 5.73 Å². The highest BCUT2D eigenvalue weighted by molar-refractivity contribution is 5.30. The van der Waals surface area contributed by atoms with Gasteiger partial charge < -0.3 is 10.3 Å². The highest BCUT2D eigenvalue weighted by Crippen LogP contribution is 2.40. The van der Waals surface area contributed by atoms with E-state index in [2.05, 4.69) is 30.7 Å². The Morgan fingerprint density at radius 2 is 2.00 bits per heavy atom. The highest BCUT2D eigenvalue weighted by atomic mass is 15.0. The van der Waals surface area contributed by atoms with E-state index in [-0.39, 0.29) is 6.04 Å². The third kappa shape index (κ3) is 2.74. The van der Waals surface area contributed by atoms with Gasteiger partial charge in [-0.3, -0.25) is 0 Å². The number of nitrogens with zero attached hydrogens (tertiary/aromatic N) is 1. The van der Waals surface area contributed by atoms with Crippen LogP contribution in [0.2, 0.25) is 0 Å². The molecule has 106 valence electrons. The molecule has 1 saturated carbocycles. The summed E-state index contributed by atoms with van der Waals surface area (Å²) in [7, 11) is 0. The first-order valence-corrected chi connectivity index (χ1v) is 7.99. The molecule has 19 heavy (non-hydrogen) atoms. The summed E-state index contributed by atoms with van der Waals surface area (Å²) >= 11 is 0. The number of aromatic nitrogens is 1. The van der Waals surface area contributed by atoms with Gasteiger partial charge in [0.1, 0.15) is 0 Å². The van der Waals surface area contributed by atoms with E-state index in [1.54, 1.807) is 0 Å². The summed E-state index contributed by atoms with van der Waals surface area (Å²) < 4.78 is 2.52. The molecule has 2 N–H and O–H groups in total. The molecular weight excluding hydrogens is 232 g/mol. The van der Waals surface area contributed by atoms with E-state index in [0.29, 0.717) is 5.41 Å². The molecule has 1 aromatic rings. The second-order valence-electron chi connectivity index (χ2n) is 7.53. The Bertz CT molecular complexity index is 438. The summed E-state index contributed by atoms with van der Waals surface area (Å²) in [5, 5.41) is 0. The molecule has 0 aromatic carbocycles. The van der Waals surface area contributed by atoms with Crippen LogP contribution < -0.4 is 5.73 Å². The molecule has 2 aliphatic carbocycles. The lowest BCUT2D eigenvalue weighted by Crippen LogP contribution is -2.31. The van der Waals surface area contributed by atoms with Crippen molar-refractivity contribution in [1.29, 1.82) is 0 Å². The number of fused-ring (bicyclic) bond motifs is 1. The van der Waals surface area contributed by atoms with Crippen molar-refractivity contribution in [2.45, 2.75) is 71.4 Å². The van der Waals surface area contributed by atoms with Crippen LogP contribution in [0.15, 0.2) is 12.3 Å². The van der Waals surface area contributed by atoms with Gasteiger partial charge in [0.15, 0.2) is 0 Å². The van der Waals surface area contributed by atoms with Gasteiger partial charge in [-0.05, 0) is 48.6 Å². The number of nitrogens with two attached hydrogens (primary N) is 1. The molecule has 1 aromatic heterocycles. The summed E-state index contributed by atoms with van der Waals surface area (Å²) in [6.45, 7) is 5.93. The van der Waals surface area contributed by atoms with E-state index >= 15 is 0 Å². The monoisotopic (exact) mass is 260 g/mol. The van der Waals surface area contributed by atoms with Crippen molar-refractivity contribution in [2.24, 2.45) is 17.1 Å². The SMILES string of the molecule is CC1(C)Cc2c(ccn2CC2CCCCC2)C(N)C1. The zero-order valence-electron chi connectivity index (χ0n) is 12.5. The van der Waals surface area contributed by atoms with Gasteiger partial charge in [-0.2, -0.15) is 0 Å².